The molecule has 0 aromatic heterocycles. The van der Waals surface area contributed by atoms with Gasteiger partial charge in [0.15, 0.2) is 0 Å². The summed E-state index contributed by atoms with van der Waals surface area (Å²) in [6.45, 7) is 3.94. The van der Waals surface area contributed by atoms with E-state index in [1.54, 1.807) is 4.90 Å². The van der Waals surface area contributed by atoms with Crippen LogP contribution < -0.4 is 16.0 Å². The average Bonchev–Trinajstić information content (AvgIpc) is 2.50. The molecular formula is C16H22N4O2. The summed E-state index contributed by atoms with van der Waals surface area (Å²) in [5.74, 6) is 0.399. The van der Waals surface area contributed by atoms with Gasteiger partial charge in [-0.25, -0.2) is 4.79 Å². The first-order valence-electron chi connectivity index (χ1n) is 7.79. The Balaban J connectivity index is 1.41. The van der Waals surface area contributed by atoms with Crippen LogP contribution in [0.2, 0.25) is 0 Å². The number of carbonyl (C=O) groups is 2. The summed E-state index contributed by atoms with van der Waals surface area (Å²) >= 11 is 0. The third-order valence-electron chi connectivity index (χ3n) is 4.27. The lowest BCUT2D eigenvalue weighted by Crippen LogP contribution is -2.50. The second-order valence-corrected chi connectivity index (χ2v) is 5.93. The third-order valence-corrected chi connectivity index (χ3v) is 4.27. The highest BCUT2D eigenvalue weighted by atomic mass is 16.2. The number of nitrogens with one attached hydrogen (secondary N) is 3. The number of benzene rings is 1. The maximum atomic E-state index is 12.1. The maximum absolute atomic E-state index is 12.1. The smallest absolute Gasteiger partial charge is 0.318 e. The van der Waals surface area contributed by atoms with E-state index in [0.717, 1.165) is 19.5 Å². The van der Waals surface area contributed by atoms with Crippen LogP contribution in [-0.4, -0.2) is 49.6 Å². The van der Waals surface area contributed by atoms with Gasteiger partial charge in [-0.3, -0.25) is 4.79 Å². The van der Waals surface area contributed by atoms with E-state index in [4.69, 9.17) is 0 Å². The molecule has 1 fully saturated rings. The van der Waals surface area contributed by atoms with Gasteiger partial charge in [-0.1, -0.05) is 24.3 Å². The lowest BCUT2D eigenvalue weighted by atomic mass is 10.0. The Morgan fingerprint density at radius 2 is 1.95 bits per heavy atom. The Morgan fingerprint density at radius 3 is 2.68 bits per heavy atom. The molecule has 0 aliphatic carbocycles. The largest absolute Gasteiger partial charge is 0.354 e. The summed E-state index contributed by atoms with van der Waals surface area (Å²) in [5, 5.41) is 8.71. The molecule has 1 aromatic carbocycles. The van der Waals surface area contributed by atoms with Gasteiger partial charge in [-0.15, -0.1) is 0 Å². The highest BCUT2D eigenvalue weighted by Gasteiger charge is 2.21. The van der Waals surface area contributed by atoms with Crippen LogP contribution in [0.5, 0.6) is 0 Å². The highest BCUT2D eigenvalue weighted by molar-refractivity contribution is 5.84. The molecule has 1 aromatic rings. The average molecular weight is 302 g/mol. The number of urea groups is 1. The Bertz CT molecular complexity index is 557. The molecule has 22 heavy (non-hydrogen) atoms. The van der Waals surface area contributed by atoms with Gasteiger partial charge < -0.3 is 20.9 Å². The van der Waals surface area contributed by atoms with Crippen molar-refractivity contribution in [3.05, 3.63) is 35.4 Å². The van der Waals surface area contributed by atoms with E-state index in [-0.39, 0.29) is 18.5 Å². The fourth-order valence-corrected chi connectivity index (χ4v) is 2.75. The summed E-state index contributed by atoms with van der Waals surface area (Å²) in [4.78, 5) is 25.6. The summed E-state index contributed by atoms with van der Waals surface area (Å²) in [6.07, 6.45) is 0.866. The minimum absolute atomic E-state index is 0.0388. The summed E-state index contributed by atoms with van der Waals surface area (Å²) in [7, 11) is 0. The predicted molar refractivity (Wildman–Crippen MR) is 83.3 cm³/mol. The van der Waals surface area contributed by atoms with Crippen molar-refractivity contribution in [1.29, 1.82) is 0 Å². The second-order valence-electron chi connectivity index (χ2n) is 5.93. The molecule has 3 rings (SSSR count). The standard InChI is InChI=1S/C16H22N4O2/c21-15(18-9-12-7-17-8-12)10-19-16(22)20-6-5-13-3-1-2-4-14(13)11-20/h1-4,12,17H,5-11H2,(H,18,21)(H,19,22). The molecule has 0 radical (unpaired) electrons. The van der Waals surface area contributed by atoms with Crippen molar-refractivity contribution in [3.8, 4) is 0 Å². The Morgan fingerprint density at radius 1 is 1.18 bits per heavy atom. The Labute approximate surface area is 130 Å². The summed E-state index contributed by atoms with van der Waals surface area (Å²) in [5.41, 5.74) is 2.49. The molecule has 0 saturated carbocycles. The number of fused-ring (bicyclic) bond motifs is 1. The minimum atomic E-state index is -0.171. The Hall–Kier alpha value is -2.08. The van der Waals surface area contributed by atoms with Crippen molar-refractivity contribution >= 4 is 11.9 Å². The van der Waals surface area contributed by atoms with Crippen LogP contribution in [0.15, 0.2) is 24.3 Å². The van der Waals surface area contributed by atoms with Crippen LogP contribution in [-0.2, 0) is 17.8 Å². The zero-order chi connectivity index (χ0) is 15.4. The van der Waals surface area contributed by atoms with Crippen LogP contribution >= 0.6 is 0 Å². The van der Waals surface area contributed by atoms with Gasteiger partial charge in [0.25, 0.3) is 0 Å². The predicted octanol–water partition coefficient (Wildman–Crippen LogP) is 0.0899. The molecule has 0 atom stereocenters. The van der Waals surface area contributed by atoms with Crippen molar-refractivity contribution in [3.63, 3.8) is 0 Å². The third kappa shape index (κ3) is 3.57. The lowest BCUT2D eigenvalue weighted by molar-refractivity contribution is -0.120. The van der Waals surface area contributed by atoms with Crippen LogP contribution in [0.1, 0.15) is 11.1 Å². The topological polar surface area (TPSA) is 73.5 Å². The van der Waals surface area contributed by atoms with Crippen LogP contribution in [0.4, 0.5) is 4.79 Å². The van der Waals surface area contributed by atoms with Gasteiger partial charge in [0.1, 0.15) is 0 Å². The molecule has 0 bridgehead atoms. The summed E-state index contributed by atoms with van der Waals surface area (Å²) < 4.78 is 0. The van der Waals surface area contributed by atoms with E-state index in [0.29, 0.717) is 25.6 Å². The minimum Gasteiger partial charge on any atom is -0.354 e. The highest BCUT2D eigenvalue weighted by Crippen LogP contribution is 2.18. The molecule has 0 spiro atoms. The van der Waals surface area contributed by atoms with Gasteiger partial charge in [0.05, 0.1) is 6.54 Å². The zero-order valence-electron chi connectivity index (χ0n) is 12.6. The van der Waals surface area contributed by atoms with Crippen molar-refractivity contribution < 1.29 is 9.59 Å². The Kier molecular flexibility index (Phi) is 4.58. The first-order valence-corrected chi connectivity index (χ1v) is 7.79. The van der Waals surface area contributed by atoms with E-state index < -0.39 is 0 Å². The fourth-order valence-electron chi connectivity index (χ4n) is 2.75. The van der Waals surface area contributed by atoms with E-state index in [2.05, 4.69) is 22.0 Å². The second kappa shape index (κ2) is 6.79. The number of hydrogen-bond donors (Lipinski definition) is 3. The van der Waals surface area contributed by atoms with Crippen molar-refractivity contribution in [1.82, 2.24) is 20.9 Å². The van der Waals surface area contributed by atoms with Crippen LogP contribution in [0.3, 0.4) is 0 Å². The number of amides is 3. The zero-order valence-corrected chi connectivity index (χ0v) is 12.6. The molecule has 3 amide bonds. The maximum Gasteiger partial charge on any atom is 0.318 e. The lowest BCUT2D eigenvalue weighted by Gasteiger charge is -2.29. The number of hydrogen-bond acceptors (Lipinski definition) is 3. The molecular weight excluding hydrogens is 280 g/mol. The quantitative estimate of drug-likeness (QED) is 0.738. The number of nitrogens with zero attached hydrogens (tertiary/aromatic N) is 1. The number of carbonyl (C=O) groups excluding carboxylic acids is 2. The van der Waals surface area contributed by atoms with Crippen molar-refractivity contribution in [2.24, 2.45) is 5.92 Å². The molecule has 0 unspecified atom stereocenters. The van der Waals surface area contributed by atoms with Crippen molar-refractivity contribution in [2.75, 3.05) is 32.7 Å². The molecule has 3 N–H and O–H groups in total. The molecule has 1 saturated heterocycles. The van der Waals surface area contributed by atoms with E-state index >= 15 is 0 Å². The normalized spacial score (nSPS) is 17.4. The molecule has 2 aliphatic rings. The van der Waals surface area contributed by atoms with E-state index in [1.165, 1.54) is 11.1 Å². The van der Waals surface area contributed by atoms with Gasteiger partial charge >= 0.3 is 6.03 Å². The van der Waals surface area contributed by atoms with E-state index in [1.807, 2.05) is 18.2 Å². The molecule has 118 valence electrons. The van der Waals surface area contributed by atoms with Gasteiger partial charge in [-0.05, 0) is 17.5 Å². The van der Waals surface area contributed by atoms with Crippen LogP contribution in [0.25, 0.3) is 0 Å². The van der Waals surface area contributed by atoms with Crippen molar-refractivity contribution in [2.45, 2.75) is 13.0 Å². The molecule has 2 aliphatic heterocycles. The molecule has 2 heterocycles. The molecule has 6 heteroatoms. The first-order chi connectivity index (χ1) is 10.7. The van der Waals surface area contributed by atoms with Gasteiger partial charge in [-0.2, -0.15) is 0 Å². The van der Waals surface area contributed by atoms with E-state index in [9.17, 15) is 9.59 Å². The summed E-state index contributed by atoms with van der Waals surface area (Å²) in [6, 6.07) is 8.00. The molecule has 6 nitrogen and oxygen atoms in total. The van der Waals surface area contributed by atoms with Gasteiger partial charge in [0.2, 0.25) is 5.91 Å². The van der Waals surface area contributed by atoms with Gasteiger partial charge in [0, 0.05) is 38.6 Å². The first kappa shape index (κ1) is 14.8. The fraction of sp³-hybridized carbons (Fsp3) is 0.500. The SMILES string of the molecule is O=C(CNC(=O)N1CCc2ccccc2C1)NCC1CNC1. The number of rotatable bonds is 4. The monoisotopic (exact) mass is 302 g/mol. The van der Waals surface area contributed by atoms with Crippen LogP contribution in [0, 0.1) is 5.92 Å².